The van der Waals surface area contributed by atoms with Crippen molar-refractivity contribution in [2.45, 2.75) is 19.8 Å². The van der Waals surface area contributed by atoms with Gasteiger partial charge in [-0.15, -0.1) is 0 Å². The Labute approximate surface area is 136 Å². The topological polar surface area (TPSA) is 38.3 Å². The van der Waals surface area contributed by atoms with Gasteiger partial charge in [0.15, 0.2) is 0 Å². The van der Waals surface area contributed by atoms with Crippen molar-refractivity contribution >= 4 is 17.5 Å². The number of benzene rings is 2. The van der Waals surface area contributed by atoms with Gasteiger partial charge in [0.25, 0.3) is 0 Å². The van der Waals surface area contributed by atoms with Crippen LogP contribution in [0.25, 0.3) is 0 Å². The van der Waals surface area contributed by atoms with E-state index in [1.54, 1.807) is 0 Å². The number of carbonyl (C=O) groups excluding carboxylic acids is 1. The maximum atomic E-state index is 11.9. The summed E-state index contributed by atoms with van der Waals surface area (Å²) in [6.45, 7) is 3.20. The lowest BCUT2D eigenvalue weighted by Crippen LogP contribution is -2.27. The maximum Gasteiger partial charge on any atom is 0.224 e. The standard InChI is InChI=1S/C18H20ClNO2/c1-2-22-17-8-6-15(7-9-17)13-18(21)20-11-10-14-4-3-5-16(19)12-14/h3-9,12H,2,10-11,13H2,1H3,(H,20,21). The molecule has 2 rings (SSSR count). The minimum atomic E-state index is 0.0196. The van der Waals surface area contributed by atoms with Gasteiger partial charge in [-0.25, -0.2) is 0 Å². The lowest BCUT2D eigenvalue weighted by atomic mass is 10.1. The molecule has 0 aliphatic carbocycles. The van der Waals surface area contributed by atoms with Gasteiger partial charge in [0, 0.05) is 11.6 Å². The fraction of sp³-hybridized carbons (Fsp3) is 0.278. The molecule has 1 N–H and O–H groups in total. The largest absolute Gasteiger partial charge is 0.494 e. The summed E-state index contributed by atoms with van der Waals surface area (Å²) in [7, 11) is 0. The first-order valence-corrected chi connectivity index (χ1v) is 7.78. The van der Waals surface area contributed by atoms with Crippen LogP contribution in [-0.2, 0) is 17.6 Å². The third kappa shape index (κ3) is 5.41. The van der Waals surface area contributed by atoms with Crippen molar-refractivity contribution < 1.29 is 9.53 Å². The van der Waals surface area contributed by atoms with Crippen molar-refractivity contribution in [1.82, 2.24) is 5.32 Å². The van der Waals surface area contributed by atoms with Crippen LogP contribution in [0.1, 0.15) is 18.1 Å². The second-order valence-corrected chi connectivity index (χ2v) is 5.42. The van der Waals surface area contributed by atoms with Crippen LogP contribution in [0.2, 0.25) is 5.02 Å². The molecule has 0 aliphatic rings. The molecule has 0 aliphatic heterocycles. The van der Waals surface area contributed by atoms with Crippen molar-refractivity contribution in [3.05, 3.63) is 64.7 Å². The summed E-state index contributed by atoms with van der Waals surface area (Å²) in [5.74, 6) is 0.846. The number of amides is 1. The Morgan fingerprint density at radius 3 is 2.59 bits per heavy atom. The zero-order valence-electron chi connectivity index (χ0n) is 12.6. The molecule has 0 aromatic heterocycles. The molecule has 116 valence electrons. The van der Waals surface area contributed by atoms with Crippen molar-refractivity contribution in [2.24, 2.45) is 0 Å². The van der Waals surface area contributed by atoms with Gasteiger partial charge < -0.3 is 10.1 Å². The van der Waals surface area contributed by atoms with Crippen LogP contribution >= 0.6 is 11.6 Å². The average Bonchev–Trinajstić information content (AvgIpc) is 2.50. The molecule has 22 heavy (non-hydrogen) atoms. The zero-order valence-corrected chi connectivity index (χ0v) is 13.4. The molecule has 3 nitrogen and oxygen atoms in total. The van der Waals surface area contributed by atoms with Gasteiger partial charge in [-0.05, 0) is 48.7 Å². The summed E-state index contributed by atoms with van der Waals surface area (Å²) in [6.07, 6.45) is 1.15. The Hall–Kier alpha value is -2.00. The van der Waals surface area contributed by atoms with E-state index in [0.29, 0.717) is 19.6 Å². The zero-order chi connectivity index (χ0) is 15.8. The first-order chi connectivity index (χ1) is 10.7. The number of hydrogen-bond donors (Lipinski definition) is 1. The van der Waals surface area contributed by atoms with Gasteiger partial charge in [0.2, 0.25) is 5.91 Å². The Balaban J connectivity index is 1.75. The van der Waals surface area contributed by atoms with E-state index in [-0.39, 0.29) is 5.91 Å². The van der Waals surface area contributed by atoms with Crippen LogP contribution in [-0.4, -0.2) is 19.1 Å². The highest BCUT2D eigenvalue weighted by atomic mass is 35.5. The quantitative estimate of drug-likeness (QED) is 0.846. The van der Waals surface area contributed by atoms with Crippen molar-refractivity contribution in [1.29, 1.82) is 0 Å². The molecule has 0 bridgehead atoms. The molecule has 0 saturated carbocycles. The fourth-order valence-corrected chi connectivity index (χ4v) is 2.37. The van der Waals surface area contributed by atoms with E-state index in [2.05, 4.69) is 5.32 Å². The molecule has 0 heterocycles. The minimum Gasteiger partial charge on any atom is -0.494 e. The third-order valence-corrected chi connectivity index (χ3v) is 3.46. The van der Waals surface area contributed by atoms with Crippen molar-refractivity contribution in [3.8, 4) is 5.75 Å². The summed E-state index contributed by atoms with van der Waals surface area (Å²) < 4.78 is 5.38. The molecule has 4 heteroatoms. The van der Waals surface area contributed by atoms with Crippen molar-refractivity contribution in [3.63, 3.8) is 0 Å². The molecule has 0 radical (unpaired) electrons. The molecule has 0 spiro atoms. The van der Waals surface area contributed by atoms with Crippen LogP contribution in [0.3, 0.4) is 0 Å². The number of rotatable bonds is 7. The highest BCUT2D eigenvalue weighted by Crippen LogP contribution is 2.13. The van der Waals surface area contributed by atoms with Gasteiger partial charge in [-0.2, -0.15) is 0 Å². The maximum absolute atomic E-state index is 11.9. The van der Waals surface area contributed by atoms with Gasteiger partial charge >= 0.3 is 0 Å². The number of ether oxygens (including phenoxy) is 1. The summed E-state index contributed by atoms with van der Waals surface area (Å²) in [5.41, 5.74) is 2.09. The third-order valence-electron chi connectivity index (χ3n) is 3.22. The lowest BCUT2D eigenvalue weighted by Gasteiger charge is -2.07. The normalized spacial score (nSPS) is 10.3. The molecule has 2 aromatic rings. The molecule has 0 atom stereocenters. The molecule has 1 amide bonds. The summed E-state index contributed by atoms with van der Waals surface area (Å²) in [5, 5.41) is 3.65. The Morgan fingerprint density at radius 2 is 1.91 bits per heavy atom. The van der Waals surface area contributed by atoms with Gasteiger partial charge in [-0.1, -0.05) is 35.9 Å². The highest BCUT2D eigenvalue weighted by molar-refractivity contribution is 6.30. The molecule has 0 fully saturated rings. The SMILES string of the molecule is CCOc1ccc(CC(=O)NCCc2cccc(Cl)c2)cc1. The smallest absolute Gasteiger partial charge is 0.224 e. The first kappa shape index (κ1) is 16.4. The second kappa shape index (κ2) is 8.44. The summed E-state index contributed by atoms with van der Waals surface area (Å²) >= 11 is 5.93. The van der Waals surface area contributed by atoms with E-state index in [9.17, 15) is 4.79 Å². The van der Waals surface area contributed by atoms with E-state index in [0.717, 1.165) is 28.3 Å². The Bertz CT molecular complexity index is 611. The first-order valence-electron chi connectivity index (χ1n) is 7.40. The fourth-order valence-electron chi connectivity index (χ4n) is 2.16. The number of hydrogen-bond acceptors (Lipinski definition) is 2. The monoisotopic (exact) mass is 317 g/mol. The van der Waals surface area contributed by atoms with Gasteiger partial charge in [-0.3, -0.25) is 4.79 Å². The van der Waals surface area contributed by atoms with Crippen LogP contribution in [0.4, 0.5) is 0 Å². The molecule has 0 saturated heterocycles. The minimum absolute atomic E-state index is 0.0196. The van der Waals surface area contributed by atoms with E-state index in [1.165, 1.54) is 0 Å². The lowest BCUT2D eigenvalue weighted by molar-refractivity contribution is -0.120. The predicted molar refractivity (Wildman–Crippen MR) is 89.5 cm³/mol. The molecular formula is C18H20ClNO2. The summed E-state index contributed by atoms with van der Waals surface area (Å²) in [6, 6.07) is 15.3. The Kier molecular flexibility index (Phi) is 6.28. The molecular weight excluding hydrogens is 298 g/mol. The number of carbonyl (C=O) groups is 1. The second-order valence-electron chi connectivity index (χ2n) is 4.98. The summed E-state index contributed by atoms with van der Waals surface area (Å²) in [4.78, 5) is 11.9. The van der Waals surface area contributed by atoms with E-state index < -0.39 is 0 Å². The highest BCUT2D eigenvalue weighted by Gasteiger charge is 2.03. The van der Waals surface area contributed by atoms with E-state index in [1.807, 2.05) is 55.5 Å². The predicted octanol–water partition coefficient (Wildman–Crippen LogP) is 3.64. The van der Waals surface area contributed by atoms with Crippen LogP contribution in [0, 0.1) is 0 Å². The average molecular weight is 318 g/mol. The van der Waals surface area contributed by atoms with Gasteiger partial charge in [0.1, 0.15) is 5.75 Å². The van der Waals surface area contributed by atoms with E-state index >= 15 is 0 Å². The van der Waals surface area contributed by atoms with Crippen LogP contribution < -0.4 is 10.1 Å². The number of nitrogens with one attached hydrogen (secondary N) is 1. The number of halogens is 1. The van der Waals surface area contributed by atoms with E-state index in [4.69, 9.17) is 16.3 Å². The van der Waals surface area contributed by atoms with Crippen LogP contribution in [0.5, 0.6) is 5.75 Å². The van der Waals surface area contributed by atoms with Crippen LogP contribution in [0.15, 0.2) is 48.5 Å². The molecule has 0 unspecified atom stereocenters. The van der Waals surface area contributed by atoms with Crippen molar-refractivity contribution in [2.75, 3.05) is 13.2 Å². The Morgan fingerprint density at radius 1 is 1.14 bits per heavy atom. The van der Waals surface area contributed by atoms with Gasteiger partial charge in [0.05, 0.1) is 13.0 Å². The molecule has 2 aromatic carbocycles.